The number of benzene rings is 1. The van der Waals surface area contributed by atoms with Crippen molar-refractivity contribution in [3.8, 4) is 5.69 Å². The van der Waals surface area contributed by atoms with E-state index in [1.165, 1.54) is 50.7 Å². The van der Waals surface area contributed by atoms with E-state index in [4.69, 9.17) is 5.10 Å². The molecule has 0 radical (unpaired) electrons. The van der Waals surface area contributed by atoms with Crippen LogP contribution in [-0.4, -0.2) is 9.78 Å². The summed E-state index contributed by atoms with van der Waals surface area (Å²) in [5.74, 6) is 0. The van der Waals surface area contributed by atoms with Gasteiger partial charge in [-0.1, -0.05) is 6.07 Å². The van der Waals surface area contributed by atoms with Crippen LogP contribution < -0.4 is 5.32 Å². The van der Waals surface area contributed by atoms with Crippen LogP contribution in [-0.2, 0) is 13.0 Å². The van der Waals surface area contributed by atoms with Gasteiger partial charge in [-0.25, -0.2) is 4.68 Å². The standard InChI is InChI=1S/C21H25N3S/c1-14-7-9-17(11-15(14)2)24-21-6-4-5-20(19(21)13-23-24)22-12-18-10-8-16(3)25-18/h7-11,13,20,22H,4-6,12H2,1-3H3/t20-/m0/s1. The zero-order valence-corrected chi connectivity index (χ0v) is 16.0. The third-order valence-corrected chi connectivity index (χ3v) is 6.24. The van der Waals surface area contributed by atoms with Gasteiger partial charge >= 0.3 is 0 Å². The highest BCUT2D eigenvalue weighted by Gasteiger charge is 2.24. The van der Waals surface area contributed by atoms with E-state index in [-0.39, 0.29) is 0 Å². The predicted octanol–water partition coefficient (Wildman–Crippen LogP) is 5.03. The second-order valence-electron chi connectivity index (χ2n) is 7.07. The molecule has 1 N–H and O–H groups in total. The fraction of sp³-hybridized carbons (Fsp3) is 0.381. The lowest BCUT2D eigenvalue weighted by Gasteiger charge is -2.24. The normalized spacial score (nSPS) is 16.8. The molecule has 0 amide bonds. The van der Waals surface area contributed by atoms with Crippen LogP contribution in [0.15, 0.2) is 36.5 Å². The summed E-state index contributed by atoms with van der Waals surface area (Å²) in [5.41, 5.74) is 6.57. The lowest BCUT2D eigenvalue weighted by Crippen LogP contribution is -2.24. The van der Waals surface area contributed by atoms with Crippen LogP contribution in [0.4, 0.5) is 0 Å². The van der Waals surface area contributed by atoms with E-state index in [2.05, 4.69) is 67.3 Å². The van der Waals surface area contributed by atoms with Crippen molar-refractivity contribution in [3.63, 3.8) is 0 Å². The van der Waals surface area contributed by atoms with Crippen molar-refractivity contribution in [3.05, 3.63) is 68.7 Å². The summed E-state index contributed by atoms with van der Waals surface area (Å²) in [4.78, 5) is 2.79. The molecule has 0 fully saturated rings. The fourth-order valence-electron chi connectivity index (χ4n) is 3.65. The Labute approximate surface area is 153 Å². The third-order valence-electron chi connectivity index (χ3n) is 5.24. The van der Waals surface area contributed by atoms with Crippen LogP contribution in [0.25, 0.3) is 5.69 Å². The number of aromatic nitrogens is 2. The van der Waals surface area contributed by atoms with Gasteiger partial charge in [0.2, 0.25) is 0 Å². The van der Waals surface area contributed by atoms with Gasteiger partial charge in [0.15, 0.2) is 0 Å². The molecule has 4 heteroatoms. The highest BCUT2D eigenvalue weighted by atomic mass is 32.1. The van der Waals surface area contributed by atoms with Crippen molar-refractivity contribution in [2.75, 3.05) is 0 Å². The second kappa shape index (κ2) is 6.77. The van der Waals surface area contributed by atoms with E-state index in [0.29, 0.717) is 6.04 Å². The van der Waals surface area contributed by atoms with Crippen molar-refractivity contribution in [1.29, 1.82) is 0 Å². The molecule has 25 heavy (non-hydrogen) atoms. The van der Waals surface area contributed by atoms with Gasteiger partial charge in [0.25, 0.3) is 0 Å². The number of hydrogen-bond acceptors (Lipinski definition) is 3. The first-order valence-corrected chi connectivity index (χ1v) is 9.86. The van der Waals surface area contributed by atoms with Crippen LogP contribution in [0.3, 0.4) is 0 Å². The minimum Gasteiger partial charge on any atom is -0.305 e. The molecule has 0 aliphatic heterocycles. The number of hydrogen-bond donors (Lipinski definition) is 1. The maximum absolute atomic E-state index is 4.73. The minimum atomic E-state index is 0.409. The molecule has 4 rings (SSSR count). The van der Waals surface area contributed by atoms with Gasteiger partial charge in [0.1, 0.15) is 0 Å². The van der Waals surface area contributed by atoms with Gasteiger partial charge in [-0.2, -0.15) is 5.10 Å². The molecule has 1 aliphatic rings. The van der Waals surface area contributed by atoms with E-state index >= 15 is 0 Å². The number of aryl methyl sites for hydroxylation is 3. The minimum absolute atomic E-state index is 0.409. The SMILES string of the molecule is Cc1ccc(CN[C@H]2CCCc3c2cnn3-c2ccc(C)c(C)c2)s1. The summed E-state index contributed by atoms with van der Waals surface area (Å²) in [6, 6.07) is 11.5. The highest BCUT2D eigenvalue weighted by Crippen LogP contribution is 2.32. The van der Waals surface area contributed by atoms with Gasteiger partial charge in [-0.3, -0.25) is 0 Å². The molecular formula is C21H25N3S. The molecular weight excluding hydrogens is 326 g/mol. The Balaban J connectivity index is 1.58. The molecule has 2 aromatic heterocycles. The van der Waals surface area contributed by atoms with E-state index in [0.717, 1.165) is 13.0 Å². The third kappa shape index (κ3) is 3.29. The maximum Gasteiger partial charge on any atom is 0.0651 e. The molecule has 1 aliphatic carbocycles. The Kier molecular flexibility index (Phi) is 4.48. The summed E-state index contributed by atoms with van der Waals surface area (Å²) in [5, 5.41) is 8.48. The molecule has 0 spiro atoms. The fourth-order valence-corrected chi connectivity index (χ4v) is 4.49. The molecule has 2 heterocycles. The topological polar surface area (TPSA) is 29.9 Å². The molecule has 1 atom stereocenters. The molecule has 0 saturated carbocycles. The van der Waals surface area contributed by atoms with Crippen molar-refractivity contribution in [1.82, 2.24) is 15.1 Å². The van der Waals surface area contributed by atoms with Crippen LogP contribution in [0.5, 0.6) is 0 Å². The largest absolute Gasteiger partial charge is 0.305 e. The molecule has 0 bridgehead atoms. The monoisotopic (exact) mass is 351 g/mol. The highest BCUT2D eigenvalue weighted by molar-refractivity contribution is 7.11. The van der Waals surface area contributed by atoms with Crippen LogP contribution in [0, 0.1) is 20.8 Å². The summed E-state index contributed by atoms with van der Waals surface area (Å²) in [6.45, 7) is 7.43. The Morgan fingerprint density at radius 3 is 2.80 bits per heavy atom. The molecule has 1 aromatic carbocycles. The zero-order valence-electron chi connectivity index (χ0n) is 15.2. The average Bonchev–Trinajstić information content (AvgIpc) is 3.22. The maximum atomic E-state index is 4.73. The Hall–Kier alpha value is -1.91. The first-order chi connectivity index (χ1) is 12.1. The van der Waals surface area contributed by atoms with Gasteiger partial charge in [0, 0.05) is 33.6 Å². The van der Waals surface area contributed by atoms with Gasteiger partial charge in [0.05, 0.1) is 11.9 Å². The van der Waals surface area contributed by atoms with Gasteiger partial charge < -0.3 is 5.32 Å². The molecule has 0 unspecified atom stereocenters. The van der Waals surface area contributed by atoms with Gasteiger partial charge in [-0.15, -0.1) is 11.3 Å². The van der Waals surface area contributed by atoms with Crippen molar-refractivity contribution in [2.24, 2.45) is 0 Å². The van der Waals surface area contributed by atoms with E-state index in [1.807, 2.05) is 11.3 Å². The molecule has 0 saturated heterocycles. The predicted molar refractivity (Wildman–Crippen MR) is 105 cm³/mol. The Morgan fingerprint density at radius 1 is 1.16 bits per heavy atom. The second-order valence-corrected chi connectivity index (χ2v) is 8.44. The number of rotatable bonds is 4. The van der Waals surface area contributed by atoms with Gasteiger partial charge in [-0.05, 0) is 75.4 Å². The number of thiophene rings is 1. The Morgan fingerprint density at radius 2 is 2.04 bits per heavy atom. The lowest BCUT2D eigenvalue weighted by molar-refractivity contribution is 0.456. The summed E-state index contributed by atoms with van der Waals surface area (Å²) < 4.78 is 2.14. The van der Waals surface area contributed by atoms with Crippen LogP contribution in [0.1, 0.15) is 51.0 Å². The summed E-state index contributed by atoms with van der Waals surface area (Å²) in [6.07, 6.45) is 5.58. The van der Waals surface area contributed by atoms with Crippen molar-refractivity contribution >= 4 is 11.3 Å². The van der Waals surface area contributed by atoms with Crippen LogP contribution >= 0.6 is 11.3 Å². The summed E-state index contributed by atoms with van der Waals surface area (Å²) >= 11 is 1.88. The van der Waals surface area contributed by atoms with Crippen LogP contribution in [0.2, 0.25) is 0 Å². The Bertz CT molecular complexity index is 890. The molecule has 130 valence electrons. The lowest BCUT2D eigenvalue weighted by atomic mass is 9.93. The first kappa shape index (κ1) is 16.6. The number of nitrogens with one attached hydrogen (secondary N) is 1. The average molecular weight is 352 g/mol. The van der Waals surface area contributed by atoms with E-state index in [9.17, 15) is 0 Å². The molecule has 3 aromatic rings. The molecule has 3 nitrogen and oxygen atoms in total. The number of fused-ring (bicyclic) bond motifs is 1. The zero-order chi connectivity index (χ0) is 17.4. The summed E-state index contributed by atoms with van der Waals surface area (Å²) in [7, 11) is 0. The quantitative estimate of drug-likeness (QED) is 0.715. The first-order valence-electron chi connectivity index (χ1n) is 9.05. The van der Waals surface area contributed by atoms with E-state index in [1.54, 1.807) is 0 Å². The number of nitrogens with zero attached hydrogens (tertiary/aromatic N) is 2. The van der Waals surface area contributed by atoms with Crippen molar-refractivity contribution < 1.29 is 0 Å². The smallest absolute Gasteiger partial charge is 0.0651 e. The van der Waals surface area contributed by atoms with E-state index < -0.39 is 0 Å². The van der Waals surface area contributed by atoms with Crippen molar-refractivity contribution in [2.45, 2.75) is 52.6 Å².